The molecule has 8 heteroatoms. The SMILES string of the molecule is CCOC(=O)C1C2CCC3C(c4ccc(C(F)(F)F)cc4)=NOC3(N3CCCC3)C21. The lowest BCUT2D eigenvalue weighted by Crippen LogP contribution is -2.57. The second-order valence-electron chi connectivity index (χ2n) is 8.69. The van der Waals surface area contributed by atoms with E-state index < -0.39 is 17.5 Å². The fraction of sp³-hybridized carbons (Fsp3) is 0.636. The molecule has 0 spiro atoms. The molecule has 162 valence electrons. The fourth-order valence-corrected chi connectivity index (χ4v) is 5.94. The molecule has 0 bridgehead atoms. The van der Waals surface area contributed by atoms with Crippen molar-refractivity contribution >= 4 is 11.7 Å². The van der Waals surface area contributed by atoms with Crippen LogP contribution in [0.25, 0.3) is 0 Å². The number of carbonyl (C=O) groups excluding carboxylic acids is 1. The van der Waals surface area contributed by atoms with Gasteiger partial charge in [0.05, 0.1) is 29.7 Å². The molecule has 3 fully saturated rings. The molecule has 4 aliphatic rings. The number of halogens is 3. The van der Waals surface area contributed by atoms with Crippen LogP contribution in [0.2, 0.25) is 0 Å². The van der Waals surface area contributed by atoms with Gasteiger partial charge in [0.1, 0.15) is 0 Å². The minimum absolute atomic E-state index is 0.0177. The molecule has 2 aliphatic heterocycles. The zero-order chi connectivity index (χ0) is 21.1. The maximum absolute atomic E-state index is 13.0. The summed E-state index contributed by atoms with van der Waals surface area (Å²) in [5.74, 6) is -0.170. The number of rotatable bonds is 4. The zero-order valence-corrected chi connectivity index (χ0v) is 16.8. The Balaban J connectivity index is 1.47. The van der Waals surface area contributed by atoms with Crippen molar-refractivity contribution in [3.8, 4) is 0 Å². The molecule has 2 aliphatic carbocycles. The highest BCUT2D eigenvalue weighted by molar-refractivity contribution is 6.03. The van der Waals surface area contributed by atoms with E-state index in [1.54, 1.807) is 6.92 Å². The normalized spacial score (nSPS) is 35.3. The lowest BCUT2D eigenvalue weighted by atomic mass is 9.76. The van der Waals surface area contributed by atoms with Gasteiger partial charge in [0.15, 0.2) is 0 Å². The van der Waals surface area contributed by atoms with Crippen molar-refractivity contribution in [2.45, 2.75) is 44.5 Å². The predicted octanol–water partition coefficient (Wildman–Crippen LogP) is 4.07. The number of benzene rings is 1. The number of hydrogen-bond donors (Lipinski definition) is 0. The Morgan fingerprint density at radius 2 is 1.93 bits per heavy atom. The topological polar surface area (TPSA) is 51.1 Å². The first-order valence-electron chi connectivity index (χ1n) is 10.7. The van der Waals surface area contributed by atoms with Crippen LogP contribution in [0.5, 0.6) is 0 Å². The van der Waals surface area contributed by atoms with E-state index in [4.69, 9.17) is 9.57 Å². The number of esters is 1. The molecule has 1 saturated heterocycles. The van der Waals surface area contributed by atoms with Crippen LogP contribution in [0.1, 0.15) is 43.7 Å². The number of oxime groups is 1. The summed E-state index contributed by atoms with van der Waals surface area (Å²) in [6, 6.07) is 5.15. The first-order chi connectivity index (χ1) is 14.4. The quantitative estimate of drug-likeness (QED) is 0.687. The molecular formula is C22H25F3N2O3. The second kappa shape index (κ2) is 6.97. The van der Waals surface area contributed by atoms with Crippen LogP contribution in [0.4, 0.5) is 13.2 Å². The Morgan fingerprint density at radius 3 is 2.57 bits per heavy atom. The van der Waals surface area contributed by atoms with Gasteiger partial charge in [0.25, 0.3) is 0 Å². The Kier molecular flexibility index (Phi) is 4.61. The zero-order valence-electron chi connectivity index (χ0n) is 16.8. The minimum atomic E-state index is -4.37. The van der Waals surface area contributed by atoms with E-state index in [-0.39, 0.29) is 29.6 Å². The number of ether oxygens (including phenoxy) is 1. The maximum Gasteiger partial charge on any atom is 0.416 e. The van der Waals surface area contributed by atoms with Crippen LogP contribution < -0.4 is 0 Å². The summed E-state index contributed by atoms with van der Waals surface area (Å²) < 4.78 is 44.2. The molecule has 30 heavy (non-hydrogen) atoms. The van der Waals surface area contributed by atoms with Gasteiger partial charge >= 0.3 is 12.1 Å². The lowest BCUT2D eigenvalue weighted by Gasteiger charge is -2.43. The summed E-state index contributed by atoms with van der Waals surface area (Å²) in [5.41, 5.74) is -0.0104. The molecule has 0 aromatic heterocycles. The van der Waals surface area contributed by atoms with Gasteiger partial charge in [0.2, 0.25) is 5.72 Å². The Bertz CT molecular complexity index is 863. The van der Waals surface area contributed by atoms with Crippen molar-refractivity contribution < 1.29 is 27.5 Å². The standard InChI is InChI=1S/C22H25F3N2O3/c1-2-29-20(28)17-15-9-10-16-19(13-5-7-14(8-6-13)22(23,24)25)26-30-21(16,18(15)17)27-11-3-4-12-27/h5-8,15-18H,2-4,9-12H2,1H3. The van der Waals surface area contributed by atoms with Gasteiger partial charge < -0.3 is 9.57 Å². The fourth-order valence-electron chi connectivity index (χ4n) is 5.94. The predicted molar refractivity (Wildman–Crippen MR) is 102 cm³/mol. The third-order valence-corrected chi connectivity index (χ3v) is 7.22. The molecule has 2 heterocycles. The van der Waals surface area contributed by atoms with Crippen LogP contribution in [-0.2, 0) is 20.5 Å². The van der Waals surface area contributed by atoms with Crippen molar-refractivity contribution in [2.75, 3.05) is 19.7 Å². The first kappa shape index (κ1) is 19.8. The number of hydrogen-bond acceptors (Lipinski definition) is 5. The smallest absolute Gasteiger partial charge is 0.416 e. The van der Waals surface area contributed by atoms with Gasteiger partial charge in [-0.2, -0.15) is 13.2 Å². The van der Waals surface area contributed by atoms with E-state index in [1.165, 1.54) is 12.1 Å². The van der Waals surface area contributed by atoms with E-state index in [0.717, 1.165) is 50.9 Å². The summed E-state index contributed by atoms with van der Waals surface area (Å²) in [6.45, 7) is 3.92. The molecule has 0 amide bonds. The molecule has 5 rings (SSSR count). The van der Waals surface area contributed by atoms with Crippen LogP contribution >= 0.6 is 0 Å². The van der Waals surface area contributed by atoms with Crippen molar-refractivity contribution in [3.05, 3.63) is 35.4 Å². The van der Waals surface area contributed by atoms with Crippen molar-refractivity contribution in [3.63, 3.8) is 0 Å². The second-order valence-corrected chi connectivity index (χ2v) is 8.69. The average molecular weight is 422 g/mol. The third kappa shape index (κ3) is 2.87. The van der Waals surface area contributed by atoms with Gasteiger partial charge in [-0.15, -0.1) is 0 Å². The lowest BCUT2D eigenvalue weighted by molar-refractivity contribution is -0.183. The first-order valence-corrected chi connectivity index (χ1v) is 10.7. The molecule has 0 N–H and O–H groups in total. The largest absolute Gasteiger partial charge is 0.466 e. The molecule has 0 radical (unpaired) electrons. The van der Waals surface area contributed by atoms with E-state index in [9.17, 15) is 18.0 Å². The summed E-state index contributed by atoms with van der Waals surface area (Å²) in [4.78, 5) is 21.1. The number of fused-ring (bicyclic) bond motifs is 3. The van der Waals surface area contributed by atoms with E-state index in [0.29, 0.717) is 17.9 Å². The Morgan fingerprint density at radius 1 is 1.23 bits per heavy atom. The van der Waals surface area contributed by atoms with Gasteiger partial charge in [-0.25, -0.2) is 0 Å². The highest BCUT2D eigenvalue weighted by Gasteiger charge is 2.75. The number of alkyl halides is 3. The van der Waals surface area contributed by atoms with E-state index in [2.05, 4.69) is 10.1 Å². The monoisotopic (exact) mass is 422 g/mol. The van der Waals surface area contributed by atoms with Crippen LogP contribution in [0.3, 0.4) is 0 Å². The van der Waals surface area contributed by atoms with Crippen molar-refractivity contribution in [2.24, 2.45) is 28.8 Å². The summed E-state index contributed by atoms with van der Waals surface area (Å²) in [6.07, 6.45) is -0.570. The summed E-state index contributed by atoms with van der Waals surface area (Å²) >= 11 is 0. The molecule has 5 nitrogen and oxygen atoms in total. The van der Waals surface area contributed by atoms with Gasteiger partial charge in [-0.05, 0) is 56.2 Å². The Labute approximate surface area is 173 Å². The van der Waals surface area contributed by atoms with E-state index >= 15 is 0 Å². The van der Waals surface area contributed by atoms with E-state index in [1.807, 2.05) is 0 Å². The summed E-state index contributed by atoms with van der Waals surface area (Å²) in [5, 5.41) is 4.42. The minimum Gasteiger partial charge on any atom is -0.466 e. The van der Waals surface area contributed by atoms with Gasteiger partial charge in [-0.1, -0.05) is 17.3 Å². The van der Waals surface area contributed by atoms with Crippen molar-refractivity contribution in [1.29, 1.82) is 0 Å². The number of nitrogens with zero attached hydrogens (tertiary/aromatic N) is 2. The molecule has 1 aromatic carbocycles. The van der Waals surface area contributed by atoms with Crippen molar-refractivity contribution in [1.82, 2.24) is 4.90 Å². The van der Waals surface area contributed by atoms with Gasteiger partial charge in [-0.3, -0.25) is 9.69 Å². The molecular weight excluding hydrogens is 397 g/mol. The van der Waals surface area contributed by atoms with Crippen LogP contribution in [0, 0.1) is 23.7 Å². The van der Waals surface area contributed by atoms with Crippen LogP contribution in [0.15, 0.2) is 29.4 Å². The number of carbonyl (C=O) groups is 1. The highest BCUT2D eigenvalue weighted by Crippen LogP contribution is 2.66. The molecule has 5 unspecified atom stereocenters. The maximum atomic E-state index is 13.0. The van der Waals surface area contributed by atoms with Gasteiger partial charge in [0, 0.05) is 19.0 Å². The average Bonchev–Trinajstić information content (AvgIpc) is 3.05. The highest BCUT2D eigenvalue weighted by atomic mass is 19.4. The van der Waals surface area contributed by atoms with Crippen LogP contribution in [-0.4, -0.2) is 42.0 Å². The number of likely N-dealkylation sites (tertiary alicyclic amines) is 1. The molecule has 5 atom stereocenters. The molecule has 1 aromatic rings. The third-order valence-electron chi connectivity index (χ3n) is 7.22. The Hall–Kier alpha value is -2.09. The summed E-state index contributed by atoms with van der Waals surface area (Å²) in [7, 11) is 0. The molecule has 2 saturated carbocycles.